The topological polar surface area (TPSA) is 56.2 Å². The quantitative estimate of drug-likeness (QED) is 0.547. The van der Waals surface area contributed by atoms with Crippen LogP contribution in [-0.4, -0.2) is 15.2 Å². The molecule has 0 aliphatic rings. The van der Waals surface area contributed by atoms with Gasteiger partial charge in [-0.2, -0.15) is 13.2 Å². The van der Waals surface area contributed by atoms with Crippen molar-refractivity contribution in [3.8, 4) is 11.6 Å². The van der Waals surface area contributed by atoms with Crippen LogP contribution in [0, 0.1) is 0 Å². The van der Waals surface area contributed by atoms with E-state index in [1.54, 1.807) is 0 Å². The Morgan fingerprint density at radius 1 is 1.27 bits per heavy atom. The summed E-state index contributed by atoms with van der Waals surface area (Å²) in [5.41, 5.74) is -1.27. The largest absolute Gasteiger partial charge is 0.503 e. The molecule has 0 aliphatic heterocycles. The summed E-state index contributed by atoms with van der Waals surface area (Å²) in [6.45, 7) is 0. The molecule has 0 spiro atoms. The predicted molar refractivity (Wildman–Crippen MR) is 29.1 cm³/mol. The highest BCUT2D eigenvalue weighted by atomic mass is 19.4. The Hall–Kier alpha value is -1.33. The van der Waals surface area contributed by atoms with Gasteiger partial charge in [0.15, 0.2) is 5.75 Å². The molecule has 1 aromatic heterocycles. The van der Waals surface area contributed by atoms with E-state index in [2.05, 4.69) is 0 Å². The van der Waals surface area contributed by atoms with Gasteiger partial charge in [0.2, 0.25) is 5.88 Å². The van der Waals surface area contributed by atoms with Crippen LogP contribution in [0.3, 0.4) is 0 Å². The summed E-state index contributed by atoms with van der Waals surface area (Å²) in [5.74, 6) is -2.05. The molecule has 62 valence electrons. The van der Waals surface area contributed by atoms with Crippen LogP contribution in [0.15, 0.2) is 6.20 Å². The van der Waals surface area contributed by atoms with Crippen LogP contribution in [0.25, 0.3) is 0 Å². The molecule has 0 aromatic carbocycles. The zero-order chi connectivity index (χ0) is 8.65. The highest BCUT2D eigenvalue weighted by Crippen LogP contribution is 2.39. The summed E-state index contributed by atoms with van der Waals surface area (Å²) in [6.07, 6.45) is -4.15. The number of alkyl halides is 3. The van der Waals surface area contributed by atoms with Crippen molar-refractivity contribution in [1.82, 2.24) is 4.98 Å². The molecular weight excluding hydrogens is 163 g/mol. The third kappa shape index (κ3) is 1.24. The van der Waals surface area contributed by atoms with E-state index >= 15 is 0 Å². The van der Waals surface area contributed by atoms with Gasteiger partial charge in [-0.1, -0.05) is 0 Å². The lowest BCUT2D eigenvalue weighted by Crippen LogP contribution is -2.02. The third-order valence-corrected chi connectivity index (χ3v) is 1.14. The number of hydrogen-bond acceptors (Lipinski definition) is 2. The maximum Gasteiger partial charge on any atom is 0.421 e. The Morgan fingerprint density at radius 3 is 2.00 bits per heavy atom. The van der Waals surface area contributed by atoms with E-state index in [0.29, 0.717) is 6.20 Å². The van der Waals surface area contributed by atoms with Crippen LogP contribution in [0.4, 0.5) is 13.2 Å². The Bertz CT molecular complexity index is 265. The van der Waals surface area contributed by atoms with Crippen molar-refractivity contribution in [2.75, 3.05) is 0 Å². The monoisotopic (exact) mass is 167 g/mol. The number of halogens is 3. The molecule has 1 heterocycles. The minimum atomic E-state index is -4.64. The van der Waals surface area contributed by atoms with Crippen molar-refractivity contribution >= 4 is 0 Å². The standard InChI is InChI=1S/C5H4F3NO2/c6-5(7,8)2-1-9-4(11)3(2)10/h1,9-11H. The number of H-pyrrole nitrogens is 1. The van der Waals surface area contributed by atoms with Gasteiger partial charge in [-0.25, -0.2) is 0 Å². The third-order valence-electron chi connectivity index (χ3n) is 1.14. The van der Waals surface area contributed by atoms with Gasteiger partial charge in [0.25, 0.3) is 0 Å². The van der Waals surface area contributed by atoms with Crippen LogP contribution in [0.2, 0.25) is 0 Å². The van der Waals surface area contributed by atoms with Crippen molar-refractivity contribution in [1.29, 1.82) is 0 Å². The Morgan fingerprint density at radius 2 is 1.82 bits per heavy atom. The number of aromatic nitrogens is 1. The van der Waals surface area contributed by atoms with Crippen molar-refractivity contribution in [2.45, 2.75) is 6.18 Å². The molecule has 0 radical (unpaired) electrons. The lowest BCUT2D eigenvalue weighted by Gasteiger charge is -2.02. The number of hydrogen-bond donors (Lipinski definition) is 3. The van der Waals surface area contributed by atoms with Gasteiger partial charge in [0.05, 0.1) is 0 Å². The Balaban J connectivity index is 3.15. The van der Waals surface area contributed by atoms with Gasteiger partial charge in [-0.15, -0.1) is 0 Å². The summed E-state index contributed by atoms with van der Waals surface area (Å²) in [4.78, 5) is 1.83. The molecule has 0 saturated carbocycles. The fourth-order valence-corrected chi connectivity index (χ4v) is 0.621. The van der Waals surface area contributed by atoms with Gasteiger partial charge in [-0.3, -0.25) is 0 Å². The molecule has 1 rings (SSSR count). The van der Waals surface area contributed by atoms with Gasteiger partial charge in [0.1, 0.15) is 5.56 Å². The SMILES string of the molecule is Oc1[nH]cc(C(F)(F)F)c1O. The van der Waals surface area contributed by atoms with Crippen LogP contribution in [-0.2, 0) is 6.18 Å². The maximum absolute atomic E-state index is 11.8. The highest BCUT2D eigenvalue weighted by molar-refractivity contribution is 5.41. The average molecular weight is 167 g/mol. The zero-order valence-corrected chi connectivity index (χ0v) is 5.11. The Labute approximate surface area is 59.1 Å². The number of nitrogens with one attached hydrogen (secondary N) is 1. The van der Waals surface area contributed by atoms with Gasteiger partial charge in [0, 0.05) is 6.20 Å². The first-order valence-corrected chi connectivity index (χ1v) is 2.59. The number of aromatic hydroxyl groups is 2. The second-order valence-electron chi connectivity index (χ2n) is 1.90. The Kier molecular flexibility index (Phi) is 1.47. The minimum Gasteiger partial charge on any atom is -0.503 e. The van der Waals surface area contributed by atoms with Crippen molar-refractivity contribution < 1.29 is 23.4 Å². The van der Waals surface area contributed by atoms with Crippen LogP contribution in [0.5, 0.6) is 11.6 Å². The summed E-state index contributed by atoms with van der Waals surface area (Å²) in [5, 5.41) is 17.1. The van der Waals surface area contributed by atoms with Crippen LogP contribution < -0.4 is 0 Å². The van der Waals surface area contributed by atoms with Crippen molar-refractivity contribution in [3.05, 3.63) is 11.8 Å². The molecule has 3 nitrogen and oxygen atoms in total. The lowest BCUT2D eigenvalue weighted by atomic mass is 10.3. The zero-order valence-electron chi connectivity index (χ0n) is 5.11. The summed E-state index contributed by atoms with van der Waals surface area (Å²) in [7, 11) is 0. The van der Waals surface area contributed by atoms with E-state index in [4.69, 9.17) is 10.2 Å². The fraction of sp³-hybridized carbons (Fsp3) is 0.200. The molecule has 3 N–H and O–H groups in total. The number of aromatic amines is 1. The first-order chi connectivity index (χ1) is 4.93. The first kappa shape index (κ1) is 7.77. The van der Waals surface area contributed by atoms with Crippen molar-refractivity contribution in [3.63, 3.8) is 0 Å². The average Bonchev–Trinajstić information content (AvgIpc) is 2.11. The summed E-state index contributed by atoms with van der Waals surface area (Å²) >= 11 is 0. The normalized spacial score (nSPS) is 11.9. The van der Waals surface area contributed by atoms with E-state index in [0.717, 1.165) is 0 Å². The van der Waals surface area contributed by atoms with Crippen molar-refractivity contribution in [2.24, 2.45) is 0 Å². The van der Waals surface area contributed by atoms with Gasteiger partial charge < -0.3 is 15.2 Å². The molecule has 0 unspecified atom stereocenters. The predicted octanol–water partition coefficient (Wildman–Crippen LogP) is 1.44. The smallest absolute Gasteiger partial charge is 0.421 e. The molecule has 0 aliphatic carbocycles. The number of rotatable bonds is 0. The summed E-state index contributed by atoms with van der Waals surface area (Å²) in [6, 6.07) is 0. The molecule has 1 aromatic rings. The van der Waals surface area contributed by atoms with E-state index in [1.165, 1.54) is 0 Å². The van der Waals surface area contributed by atoms with Crippen LogP contribution in [0.1, 0.15) is 5.56 Å². The molecule has 0 bridgehead atoms. The molecule has 0 amide bonds. The molecule has 0 atom stereocenters. The summed E-state index contributed by atoms with van der Waals surface area (Å²) < 4.78 is 35.3. The van der Waals surface area contributed by atoms with E-state index < -0.39 is 23.4 Å². The minimum absolute atomic E-state index is 0.491. The molecular formula is C5H4F3NO2. The van der Waals surface area contributed by atoms with Gasteiger partial charge in [-0.05, 0) is 0 Å². The molecule has 11 heavy (non-hydrogen) atoms. The second-order valence-corrected chi connectivity index (χ2v) is 1.90. The molecule has 0 saturated heterocycles. The maximum atomic E-state index is 11.8. The molecule has 6 heteroatoms. The van der Waals surface area contributed by atoms with Gasteiger partial charge >= 0.3 is 6.18 Å². The van der Waals surface area contributed by atoms with E-state index in [1.807, 2.05) is 4.98 Å². The fourth-order valence-electron chi connectivity index (χ4n) is 0.621. The van der Waals surface area contributed by atoms with E-state index in [9.17, 15) is 13.2 Å². The highest BCUT2D eigenvalue weighted by Gasteiger charge is 2.36. The van der Waals surface area contributed by atoms with E-state index in [-0.39, 0.29) is 0 Å². The molecule has 0 fully saturated rings. The second kappa shape index (κ2) is 2.08. The first-order valence-electron chi connectivity index (χ1n) is 2.59. The van der Waals surface area contributed by atoms with Crippen LogP contribution >= 0.6 is 0 Å². The lowest BCUT2D eigenvalue weighted by molar-refractivity contribution is -0.138.